The Labute approximate surface area is 125 Å². The van der Waals surface area contributed by atoms with E-state index in [1.807, 2.05) is 24.3 Å². The van der Waals surface area contributed by atoms with Crippen LogP contribution in [0.15, 0.2) is 48.5 Å². The SMILES string of the molecule is COc1ccc(Cl)c(NC(c2ccccc2)C(C)C)c1. The number of nitrogens with one attached hydrogen (secondary N) is 1. The molecule has 3 heteroatoms. The molecule has 0 amide bonds. The molecule has 20 heavy (non-hydrogen) atoms. The van der Waals surface area contributed by atoms with Crippen molar-refractivity contribution in [2.45, 2.75) is 19.9 Å². The Morgan fingerprint density at radius 3 is 2.35 bits per heavy atom. The molecule has 0 bridgehead atoms. The lowest BCUT2D eigenvalue weighted by Crippen LogP contribution is -2.17. The molecule has 1 atom stereocenters. The first-order valence-electron chi connectivity index (χ1n) is 6.77. The number of hydrogen-bond donors (Lipinski definition) is 1. The molecular weight excluding hydrogens is 270 g/mol. The van der Waals surface area contributed by atoms with Crippen LogP contribution in [-0.4, -0.2) is 7.11 Å². The molecule has 2 nitrogen and oxygen atoms in total. The highest BCUT2D eigenvalue weighted by atomic mass is 35.5. The second kappa shape index (κ2) is 6.67. The summed E-state index contributed by atoms with van der Waals surface area (Å²) < 4.78 is 5.26. The molecule has 2 rings (SSSR count). The van der Waals surface area contributed by atoms with Gasteiger partial charge in [0.05, 0.1) is 23.9 Å². The Morgan fingerprint density at radius 1 is 1.05 bits per heavy atom. The molecule has 1 N–H and O–H groups in total. The molecule has 2 aromatic carbocycles. The van der Waals surface area contributed by atoms with Crippen LogP contribution in [0.1, 0.15) is 25.5 Å². The van der Waals surface area contributed by atoms with Crippen molar-refractivity contribution in [1.29, 1.82) is 0 Å². The fourth-order valence-electron chi connectivity index (χ4n) is 2.20. The van der Waals surface area contributed by atoms with E-state index in [-0.39, 0.29) is 6.04 Å². The monoisotopic (exact) mass is 289 g/mol. The van der Waals surface area contributed by atoms with Gasteiger partial charge in [-0.1, -0.05) is 55.8 Å². The number of hydrogen-bond acceptors (Lipinski definition) is 2. The predicted octanol–water partition coefficient (Wildman–Crippen LogP) is 5.16. The first-order valence-corrected chi connectivity index (χ1v) is 7.14. The smallest absolute Gasteiger partial charge is 0.121 e. The zero-order valence-electron chi connectivity index (χ0n) is 12.1. The summed E-state index contributed by atoms with van der Waals surface area (Å²) in [5, 5.41) is 4.23. The van der Waals surface area contributed by atoms with Gasteiger partial charge < -0.3 is 10.1 Å². The zero-order chi connectivity index (χ0) is 14.5. The summed E-state index contributed by atoms with van der Waals surface area (Å²) in [6.07, 6.45) is 0. The third kappa shape index (κ3) is 3.45. The van der Waals surface area contributed by atoms with Crippen LogP contribution in [-0.2, 0) is 0 Å². The number of anilines is 1. The van der Waals surface area contributed by atoms with Crippen LogP contribution in [0.4, 0.5) is 5.69 Å². The van der Waals surface area contributed by atoms with Gasteiger partial charge in [-0.15, -0.1) is 0 Å². The Morgan fingerprint density at radius 2 is 1.75 bits per heavy atom. The van der Waals surface area contributed by atoms with Crippen molar-refractivity contribution < 1.29 is 4.74 Å². The number of halogens is 1. The normalized spacial score (nSPS) is 12.2. The van der Waals surface area contributed by atoms with Crippen molar-refractivity contribution >= 4 is 17.3 Å². The molecular formula is C17H20ClNO. The summed E-state index contributed by atoms with van der Waals surface area (Å²) in [6.45, 7) is 4.39. The van der Waals surface area contributed by atoms with Crippen LogP contribution in [0, 0.1) is 5.92 Å². The van der Waals surface area contributed by atoms with Crippen LogP contribution in [0.3, 0.4) is 0 Å². The summed E-state index contributed by atoms with van der Waals surface area (Å²) in [5.74, 6) is 1.24. The van der Waals surface area contributed by atoms with E-state index in [1.54, 1.807) is 7.11 Å². The second-order valence-corrected chi connectivity index (χ2v) is 5.53. The lowest BCUT2D eigenvalue weighted by molar-refractivity contribution is 0.415. The molecule has 0 aliphatic heterocycles. The zero-order valence-corrected chi connectivity index (χ0v) is 12.8. The van der Waals surface area contributed by atoms with Gasteiger partial charge in [0.25, 0.3) is 0 Å². The molecule has 0 fully saturated rings. The minimum atomic E-state index is 0.209. The maximum Gasteiger partial charge on any atom is 0.121 e. The highest BCUT2D eigenvalue weighted by molar-refractivity contribution is 6.33. The summed E-state index contributed by atoms with van der Waals surface area (Å²) in [4.78, 5) is 0. The van der Waals surface area contributed by atoms with Crippen LogP contribution in [0.2, 0.25) is 5.02 Å². The van der Waals surface area contributed by atoms with Gasteiger partial charge >= 0.3 is 0 Å². The predicted molar refractivity (Wildman–Crippen MR) is 85.6 cm³/mol. The quantitative estimate of drug-likeness (QED) is 0.821. The maximum atomic E-state index is 6.27. The lowest BCUT2D eigenvalue weighted by Gasteiger charge is -2.25. The molecule has 106 valence electrons. The molecule has 0 spiro atoms. The number of ether oxygens (including phenoxy) is 1. The molecule has 0 saturated carbocycles. The van der Waals surface area contributed by atoms with Gasteiger partial charge in [0.15, 0.2) is 0 Å². The van der Waals surface area contributed by atoms with Crippen molar-refractivity contribution in [2.75, 3.05) is 12.4 Å². The van der Waals surface area contributed by atoms with Crippen molar-refractivity contribution in [2.24, 2.45) is 5.92 Å². The molecule has 1 unspecified atom stereocenters. The van der Waals surface area contributed by atoms with Gasteiger partial charge in [-0.2, -0.15) is 0 Å². The Kier molecular flexibility index (Phi) is 4.91. The van der Waals surface area contributed by atoms with E-state index >= 15 is 0 Å². The molecule has 0 radical (unpaired) electrons. The Bertz CT molecular complexity index is 554. The molecule has 0 heterocycles. The average Bonchev–Trinajstić information content (AvgIpc) is 2.47. The van der Waals surface area contributed by atoms with Gasteiger partial charge in [0.2, 0.25) is 0 Å². The van der Waals surface area contributed by atoms with Gasteiger partial charge in [0, 0.05) is 6.07 Å². The van der Waals surface area contributed by atoms with Crippen molar-refractivity contribution in [3.05, 3.63) is 59.1 Å². The number of rotatable bonds is 5. The number of benzene rings is 2. The van der Waals surface area contributed by atoms with E-state index in [9.17, 15) is 0 Å². The van der Waals surface area contributed by atoms with Crippen LogP contribution in [0.5, 0.6) is 5.75 Å². The first kappa shape index (κ1) is 14.7. The van der Waals surface area contributed by atoms with E-state index in [4.69, 9.17) is 16.3 Å². The van der Waals surface area contributed by atoms with Crippen LogP contribution < -0.4 is 10.1 Å². The first-order chi connectivity index (χ1) is 9.61. The van der Waals surface area contributed by atoms with E-state index in [2.05, 4.69) is 43.4 Å². The van der Waals surface area contributed by atoms with E-state index < -0.39 is 0 Å². The Balaban J connectivity index is 2.29. The van der Waals surface area contributed by atoms with E-state index in [0.29, 0.717) is 10.9 Å². The number of methoxy groups -OCH3 is 1. The molecule has 0 aromatic heterocycles. The average molecular weight is 290 g/mol. The minimum absolute atomic E-state index is 0.209. The van der Waals surface area contributed by atoms with Gasteiger partial charge in [-0.3, -0.25) is 0 Å². The van der Waals surface area contributed by atoms with Gasteiger partial charge in [-0.05, 0) is 23.6 Å². The molecule has 2 aromatic rings. The molecule has 0 aliphatic rings. The summed E-state index contributed by atoms with van der Waals surface area (Å²) in [6, 6.07) is 16.3. The second-order valence-electron chi connectivity index (χ2n) is 5.12. The van der Waals surface area contributed by atoms with Crippen LogP contribution in [0.25, 0.3) is 0 Å². The van der Waals surface area contributed by atoms with Crippen molar-refractivity contribution in [3.63, 3.8) is 0 Å². The van der Waals surface area contributed by atoms with E-state index in [1.165, 1.54) is 5.56 Å². The largest absolute Gasteiger partial charge is 0.497 e. The fourth-order valence-corrected chi connectivity index (χ4v) is 2.38. The highest BCUT2D eigenvalue weighted by Crippen LogP contribution is 2.32. The standard InChI is InChI=1S/C17H20ClNO/c1-12(2)17(13-7-5-4-6-8-13)19-16-11-14(20-3)9-10-15(16)18/h4-12,17,19H,1-3H3. The highest BCUT2D eigenvalue weighted by Gasteiger charge is 2.16. The minimum Gasteiger partial charge on any atom is -0.497 e. The van der Waals surface area contributed by atoms with Crippen LogP contribution >= 0.6 is 11.6 Å². The van der Waals surface area contributed by atoms with E-state index in [0.717, 1.165) is 11.4 Å². The molecule has 0 aliphatic carbocycles. The van der Waals surface area contributed by atoms with Crippen molar-refractivity contribution in [3.8, 4) is 5.75 Å². The third-order valence-corrected chi connectivity index (χ3v) is 3.64. The van der Waals surface area contributed by atoms with Crippen molar-refractivity contribution in [1.82, 2.24) is 0 Å². The fraction of sp³-hybridized carbons (Fsp3) is 0.294. The summed E-state index contributed by atoms with van der Waals surface area (Å²) in [5.41, 5.74) is 2.15. The summed E-state index contributed by atoms with van der Waals surface area (Å²) in [7, 11) is 1.66. The third-order valence-electron chi connectivity index (χ3n) is 3.31. The lowest BCUT2D eigenvalue weighted by atomic mass is 9.96. The summed E-state index contributed by atoms with van der Waals surface area (Å²) >= 11 is 6.27. The van der Waals surface area contributed by atoms with Gasteiger partial charge in [-0.25, -0.2) is 0 Å². The van der Waals surface area contributed by atoms with Gasteiger partial charge in [0.1, 0.15) is 5.75 Å². The molecule has 0 saturated heterocycles. The maximum absolute atomic E-state index is 6.27. The topological polar surface area (TPSA) is 21.3 Å². The Hall–Kier alpha value is -1.67.